The van der Waals surface area contributed by atoms with E-state index in [-0.39, 0.29) is 5.92 Å². The van der Waals surface area contributed by atoms with Crippen molar-refractivity contribution < 1.29 is 8.78 Å². The molecule has 0 aromatic rings. The van der Waals surface area contributed by atoms with Crippen LogP contribution in [-0.2, 0) is 0 Å². The molecule has 1 aliphatic rings. The van der Waals surface area contributed by atoms with Crippen molar-refractivity contribution in [3.63, 3.8) is 0 Å². The van der Waals surface area contributed by atoms with E-state index in [9.17, 15) is 8.78 Å². The first-order valence-electron chi connectivity index (χ1n) is 3.93. The molecule has 3 heteroatoms. The van der Waals surface area contributed by atoms with Crippen molar-refractivity contribution in [3.8, 4) is 6.07 Å². The summed E-state index contributed by atoms with van der Waals surface area (Å²) >= 11 is 0. The molecule has 0 amide bonds. The monoisotopic (exact) mass is 159 g/mol. The van der Waals surface area contributed by atoms with E-state index < -0.39 is 12.3 Å². The Labute approximate surface area is 65.0 Å². The van der Waals surface area contributed by atoms with E-state index in [4.69, 9.17) is 5.26 Å². The Hall–Kier alpha value is -0.650. The topological polar surface area (TPSA) is 23.8 Å². The molecule has 1 fully saturated rings. The Morgan fingerprint density at radius 2 is 1.82 bits per heavy atom. The van der Waals surface area contributed by atoms with Gasteiger partial charge in [-0.3, -0.25) is 0 Å². The number of alkyl halides is 2. The van der Waals surface area contributed by atoms with Crippen LogP contribution in [0.4, 0.5) is 8.78 Å². The predicted molar refractivity (Wildman–Crippen MR) is 37.1 cm³/mol. The summed E-state index contributed by atoms with van der Waals surface area (Å²) in [4.78, 5) is 0. The summed E-state index contributed by atoms with van der Waals surface area (Å²) in [7, 11) is 0. The maximum atomic E-state index is 12.1. The number of halogens is 2. The van der Waals surface area contributed by atoms with Crippen molar-refractivity contribution in [2.75, 3.05) is 0 Å². The first-order chi connectivity index (χ1) is 5.25. The van der Waals surface area contributed by atoms with Crippen molar-refractivity contribution in [2.24, 2.45) is 11.8 Å². The second kappa shape index (κ2) is 3.66. The van der Waals surface area contributed by atoms with E-state index in [1.807, 2.05) is 0 Å². The average molecular weight is 159 g/mol. The third kappa shape index (κ3) is 1.89. The Morgan fingerprint density at radius 1 is 1.27 bits per heavy atom. The fraction of sp³-hybridized carbons (Fsp3) is 0.875. The SMILES string of the molecule is N#CC(C(F)F)C1CCCC1. The molecule has 0 N–H and O–H groups in total. The van der Waals surface area contributed by atoms with Gasteiger partial charge < -0.3 is 0 Å². The maximum absolute atomic E-state index is 12.1. The van der Waals surface area contributed by atoms with Gasteiger partial charge in [0.25, 0.3) is 6.43 Å². The smallest absolute Gasteiger partial charge is 0.209 e. The van der Waals surface area contributed by atoms with Crippen LogP contribution in [0.15, 0.2) is 0 Å². The lowest BCUT2D eigenvalue weighted by atomic mass is 9.93. The van der Waals surface area contributed by atoms with Crippen LogP contribution in [0.2, 0.25) is 0 Å². The first-order valence-corrected chi connectivity index (χ1v) is 3.93. The summed E-state index contributed by atoms with van der Waals surface area (Å²) in [6, 6.07) is 1.69. The zero-order valence-electron chi connectivity index (χ0n) is 6.26. The van der Waals surface area contributed by atoms with E-state index >= 15 is 0 Å². The minimum atomic E-state index is -2.46. The van der Waals surface area contributed by atoms with E-state index in [1.165, 1.54) is 0 Å². The first kappa shape index (κ1) is 8.45. The van der Waals surface area contributed by atoms with Gasteiger partial charge in [0.15, 0.2) is 0 Å². The molecule has 1 saturated carbocycles. The van der Waals surface area contributed by atoms with Crippen LogP contribution in [-0.4, -0.2) is 6.43 Å². The van der Waals surface area contributed by atoms with Crippen LogP contribution in [0.5, 0.6) is 0 Å². The van der Waals surface area contributed by atoms with Crippen LogP contribution in [0.25, 0.3) is 0 Å². The summed E-state index contributed by atoms with van der Waals surface area (Å²) in [6.45, 7) is 0. The van der Waals surface area contributed by atoms with Crippen LogP contribution >= 0.6 is 0 Å². The van der Waals surface area contributed by atoms with Gasteiger partial charge >= 0.3 is 0 Å². The quantitative estimate of drug-likeness (QED) is 0.607. The largest absolute Gasteiger partial charge is 0.254 e. The Kier molecular flexibility index (Phi) is 2.81. The number of rotatable bonds is 2. The molecule has 0 aliphatic heterocycles. The molecule has 0 aromatic carbocycles. The minimum absolute atomic E-state index is 0.0417. The Balaban J connectivity index is 2.48. The summed E-state index contributed by atoms with van der Waals surface area (Å²) in [5.74, 6) is -1.06. The minimum Gasteiger partial charge on any atom is -0.209 e. The van der Waals surface area contributed by atoms with Gasteiger partial charge in [0.2, 0.25) is 0 Å². The van der Waals surface area contributed by atoms with E-state index in [2.05, 4.69) is 0 Å². The maximum Gasteiger partial charge on any atom is 0.254 e. The van der Waals surface area contributed by atoms with Gasteiger partial charge in [-0.1, -0.05) is 12.8 Å². The molecule has 1 unspecified atom stereocenters. The van der Waals surface area contributed by atoms with Gasteiger partial charge in [-0.25, -0.2) is 8.78 Å². The predicted octanol–water partition coefficient (Wildman–Crippen LogP) is 2.58. The molecule has 0 spiro atoms. The summed E-state index contributed by atoms with van der Waals surface area (Å²) in [5.41, 5.74) is 0. The van der Waals surface area contributed by atoms with Gasteiger partial charge in [-0.15, -0.1) is 0 Å². The summed E-state index contributed by atoms with van der Waals surface area (Å²) in [5, 5.41) is 8.43. The van der Waals surface area contributed by atoms with Crippen molar-refractivity contribution in [1.82, 2.24) is 0 Å². The highest BCUT2D eigenvalue weighted by Crippen LogP contribution is 2.33. The third-order valence-electron chi connectivity index (χ3n) is 2.33. The summed E-state index contributed by atoms with van der Waals surface area (Å²) in [6.07, 6.45) is 1.18. The molecule has 0 saturated heterocycles. The average Bonchev–Trinajstić information content (AvgIpc) is 2.40. The lowest BCUT2D eigenvalue weighted by Gasteiger charge is -2.14. The van der Waals surface area contributed by atoms with Crippen LogP contribution < -0.4 is 0 Å². The zero-order valence-corrected chi connectivity index (χ0v) is 6.26. The Morgan fingerprint density at radius 3 is 2.18 bits per heavy atom. The molecule has 1 nitrogen and oxygen atoms in total. The highest BCUT2D eigenvalue weighted by Gasteiger charge is 2.31. The van der Waals surface area contributed by atoms with E-state index in [1.54, 1.807) is 6.07 Å². The Bertz CT molecular complexity index is 156. The lowest BCUT2D eigenvalue weighted by molar-refractivity contribution is 0.0747. The summed E-state index contributed by atoms with van der Waals surface area (Å²) < 4.78 is 24.3. The number of hydrogen-bond donors (Lipinski definition) is 0. The fourth-order valence-electron chi connectivity index (χ4n) is 1.68. The zero-order chi connectivity index (χ0) is 8.27. The highest BCUT2D eigenvalue weighted by atomic mass is 19.3. The van der Waals surface area contributed by atoms with Crippen molar-refractivity contribution in [2.45, 2.75) is 32.1 Å². The number of hydrogen-bond acceptors (Lipinski definition) is 1. The van der Waals surface area contributed by atoms with Gasteiger partial charge in [0.05, 0.1) is 6.07 Å². The van der Waals surface area contributed by atoms with Crippen molar-refractivity contribution in [3.05, 3.63) is 0 Å². The molecular weight excluding hydrogens is 148 g/mol. The fourth-order valence-corrected chi connectivity index (χ4v) is 1.68. The van der Waals surface area contributed by atoms with Gasteiger partial charge in [-0.2, -0.15) is 5.26 Å². The van der Waals surface area contributed by atoms with Crippen molar-refractivity contribution in [1.29, 1.82) is 5.26 Å². The van der Waals surface area contributed by atoms with Gasteiger partial charge in [0.1, 0.15) is 5.92 Å². The number of nitrogens with zero attached hydrogens (tertiary/aromatic N) is 1. The van der Waals surface area contributed by atoms with Gasteiger partial charge in [-0.05, 0) is 18.8 Å². The second-order valence-corrected chi connectivity index (χ2v) is 3.03. The molecule has 0 bridgehead atoms. The molecule has 0 heterocycles. The van der Waals surface area contributed by atoms with Crippen LogP contribution in [0.3, 0.4) is 0 Å². The highest BCUT2D eigenvalue weighted by molar-refractivity contribution is 4.91. The van der Waals surface area contributed by atoms with Crippen LogP contribution in [0, 0.1) is 23.2 Å². The standard InChI is InChI=1S/C8H11F2N/c9-8(10)7(5-11)6-3-1-2-4-6/h6-8H,1-4H2. The molecule has 0 aromatic heterocycles. The van der Waals surface area contributed by atoms with Crippen molar-refractivity contribution >= 4 is 0 Å². The molecule has 62 valence electrons. The molecule has 1 rings (SSSR count). The molecule has 1 aliphatic carbocycles. The van der Waals surface area contributed by atoms with E-state index in [0.717, 1.165) is 25.7 Å². The molecule has 11 heavy (non-hydrogen) atoms. The molecule has 1 atom stereocenters. The van der Waals surface area contributed by atoms with Gasteiger partial charge in [0, 0.05) is 0 Å². The molecule has 0 radical (unpaired) electrons. The second-order valence-electron chi connectivity index (χ2n) is 3.03. The third-order valence-corrected chi connectivity index (χ3v) is 2.33. The lowest BCUT2D eigenvalue weighted by Crippen LogP contribution is -2.17. The normalized spacial score (nSPS) is 22.0. The number of nitriles is 1. The van der Waals surface area contributed by atoms with E-state index in [0.29, 0.717) is 0 Å². The molecular formula is C8H11F2N. The van der Waals surface area contributed by atoms with Crippen LogP contribution in [0.1, 0.15) is 25.7 Å².